The Morgan fingerprint density at radius 2 is 1.94 bits per heavy atom. The van der Waals surface area contributed by atoms with Gasteiger partial charge in [-0.25, -0.2) is 0 Å². The van der Waals surface area contributed by atoms with E-state index in [0.717, 1.165) is 43.3 Å². The molecule has 0 spiro atoms. The van der Waals surface area contributed by atoms with Gasteiger partial charge in [0.15, 0.2) is 0 Å². The number of fused-ring (bicyclic) bond motifs is 3. The number of aliphatic hydroxyl groups excluding tert-OH is 2. The fourth-order valence-electron chi connectivity index (χ4n) is 4.59. The van der Waals surface area contributed by atoms with Crippen molar-refractivity contribution in [1.29, 1.82) is 0 Å². The summed E-state index contributed by atoms with van der Waals surface area (Å²) in [5, 5.41) is 21.2. The number of nitrogens with one attached hydrogen (secondary N) is 1. The number of benzene rings is 2. The zero-order valence-electron chi connectivity index (χ0n) is 19.3. The summed E-state index contributed by atoms with van der Waals surface area (Å²) in [4.78, 5) is 15.2. The van der Waals surface area contributed by atoms with Crippen molar-refractivity contribution in [1.82, 2.24) is 10.2 Å². The number of aliphatic hydroxyl groups is 2. The third-order valence-corrected chi connectivity index (χ3v) is 6.74. The molecule has 2 aromatic carbocycles. The summed E-state index contributed by atoms with van der Waals surface area (Å²) in [6.45, 7) is 2.45. The van der Waals surface area contributed by atoms with E-state index in [-0.39, 0.29) is 19.1 Å². The molecule has 2 bridgehead atoms. The van der Waals surface area contributed by atoms with E-state index in [1.54, 1.807) is 6.07 Å². The fraction of sp³-hybridized carbons (Fsp3) is 0.519. The third-order valence-electron chi connectivity index (χ3n) is 6.74. The molecule has 1 amide bonds. The van der Waals surface area contributed by atoms with Crippen LogP contribution < -0.4 is 10.1 Å². The van der Waals surface area contributed by atoms with Gasteiger partial charge in [-0.3, -0.25) is 9.69 Å². The molecule has 0 saturated heterocycles. The highest BCUT2D eigenvalue weighted by Crippen LogP contribution is 2.28. The molecule has 0 aromatic heterocycles. The molecule has 6 nitrogen and oxygen atoms in total. The Morgan fingerprint density at radius 3 is 2.73 bits per heavy atom. The van der Waals surface area contributed by atoms with Crippen molar-refractivity contribution in [2.75, 3.05) is 26.3 Å². The summed E-state index contributed by atoms with van der Waals surface area (Å²) in [6.07, 6.45) is 7.05. The van der Waals surface area contributed by atoms with Crippen molar-refractivity contribution in [3.63, 3.8) is 0 Å². The highest BCUT2D eigenvalue weighted by Gasteiger charge is 2.24. The van der Waals surface area contributed by atoms with Crippen LogP contribution in [0, 0.1) is 0 Å². The zero-order valence-corrected chi connectivity index (χ0v) is 19.3. The second-order valence-electron chi connectivity index (χ2n) is 9.33. The maximum atomic E-state index is 12.6. The van der Waals surface area contributed by atoms with Gasteiger partial charge < -0.3 is 20.3 Å². The quantitative estimate of drug-likeness (QED) is 0.649. The predicted molar refractivity (Wildman–Crippen MR) is 129 cm³/mol. The lowest BCUT2D eigenvalue weighted by molar-refractivity contribution is 0.0802. The van der Waals surface area contributed by atoms with Gasteiger partial charge in [0.05, 0.1) is 19.3 Å². The van der Waals surface area contributed by atoms with Crippen LogP contribution in [0.25, 0.3) is 0 Å². The number of carbonyl (C=O) groups is 1. The van der Waals surface area contributed by atoms with E-state index in [4.69, 9.17) is 9.84 Å². The van der Waals surface area contributed by atoms with Gasteiger partial charge in [-0.1, -0.05) is 30.7 Å². The predicted octanol–water partition coefficient (Wildman–Crippen LogP) is 3.28. The number of hydrogen-bond donors (Lipinski definition) is 3. The van der Waals surface area contributed by atoms with Gasteiger partial charge >= 0.3 is 0 Å². The molecule has 178 valence electrons. The molecule has 1 aliphatic heterocycles. The minimum absolute atomic E-state index is 0.0163. The van der Waals surface area contributed by atoms with E-state index < -0.39 is 6.10 Å². The van der Waals surface area contributed by atoms with Crippen molar-refractivity contribution >= 4 is 5.91 Å². The molecule has 1 fully saturated rings. The van der Waals surface area contributed by atoms with E-state index >= 15 is 0 Å². The number of nitrogens with zero attached hydrogens (tertiary/aromatic N) is 1. The lowest BCUT2D eigenvalue weighted by atomic mass is 9.90. The van der Waals surface area contributed by atoms with Gasteiger partial charge in [-0.05, 0) is 73.5 Å². The van der Waals surface area contributed by atoms with Gasteiger partial charge in [-0.2, -0.15) is 0 Å². The van der Waals surface area contributed by atoms with Gasteiger partial charge in [0.25, 0.3) is 5.91 Å². The van der Waals surface area contributed by atoms with Crippen LogP contribution in [0.1, 0.15) is 65.6 Å². The van der Waals surface area contributed by atoms with Crippen molar-refractivity contribution < 1.29 is 19.7 Å². The van der Waals surface area contributed by atoms with Gasteiger partial charge in [0.2, 0.25) is 0 Å². The summed E-state index contributed by atoms with van der Waals surface area (Å²) in [7, 11) is 0. The summed E-state index contributed by atoms with van der Waals surface area (Å²) < 4.78 is 6.14. The Bertz CT molecular complexity index is 928. The Labute approximate surface area is 196 Å². The Balaban J connectivity index is 1.55. The summed E-state index contributed by atoms with van der Waals surface area (Å²) in [5.74, 6) is 0.551. The smallest absolute Gasteiger partial charge is 0.251 e. The Kier molecular flexibility index (Phi) is 8.37. The molecular weight excluding hydrogens is 416 g/mol. The molecule has 2 aromatic rings. The Morgan fingerprint density at radius 1 is 1.09 bits per heavy atom. The van der Waals surface area contributed by atoms with Gasteiger partial charge in [0.1, 0.15) is 5.75 Å². The lowest BCUT2D eigenvalue weighted by Gasteiger charge is -2.38. The van der Waals surface area contributed by atoms with Crippen LogP contribution in [0.4, 0.5) is 0 Å². The minimum atomic E-state index is -0.961. The molecule has 3 N–H and O–H groups in total. The first kappa shape index (κ1) is 23.7. The molecule has 1 unspecified atom stereocenters. The molecule has 4 rings (SSSR count). The molecule has 6 heteroatoms. The van der Waals surface area contributed by atoms with Gasteiger partial charge in [-0.15, -0.1) is 0 Å². The number of amides is 1. The van der Waals surface area contributed by atoms with Crippen molar-refractivity contribution in [3.8, 4) is 5.75 Å². The number of rotatable bonds is 5. The number of ether oxygens (including phenoxy) is 1. The fourth-order valence-corrected chi connectivity index (χ4v) is 4.59. The highest BCUT2D eigenvalue weighted by atomic mass is 16.5. The first-order valence-corrected chi connectivity index (χ1v) is 12.3. The summed E-state index contributed by atoms with van der Waals surface area (Å²) in [6, 6.07) is 15.0. The Hall–Kier alpha value is -2.41. The summed E-state index contributed by atoms with van der Waals surface area (Å²) in [5.41, 5.74) is 4.05. The van der Waals surface area contributed by atoms with E-state index in [9.17, 15) is 9.90 Å². The average molecular weight is 453 g/mol. The molecule has 2 aliphatic rings. The topological polar surface area (TPSA) is 82.0 Å². The van der Waals surface area contributed by atoms with E-state index in [2.05, 4.69) is 34.5 Å². The van der Waals surface area contributed by atoms with Crippen LogP contribution in [0.2, 0.25) is 0 Å². The molecule has 1 saturated carbocycles. The second kappa shape index (κ2) is 11.6. The van der Waals surface area contributed by atoms with Crippen LogP contribution in [0.3, 0.4) is 0 Å². The number of carbonyl (C=O) groups excluding carboxylic acids is 1. The third kappa shape index (κ3) is 6.56. The highest BCUT2D eigenvalue weighted by molar-refractivity contribution is 5.94. The van der Waals surface area contributed by atoms with E-state index in [1.165, 1.54) is 36.8 Å². The molecule has 1 atom stereocenters. The SMILES string of the molecule is O=C(NCC(O)CO)c1ccc2c(c1)Cc1cccc(c1)CN(C1CCC1)CCCCCO2. The molecule has 33 heavy (non-hydrogen) atoms. The van der Waals surface area contributed by atoms with Gasteiger partial charge in [0, 0.05) is 31.1 Å². The van der Waals surface area contributed by atoms with E-state index in [0.29, 0.717) is 18.6 Å². The molecule has 1 heterocycles. The first-order chi connectivity index (χ1) is 16.1. The normalized spacial score (nSPS) is 18.8. The zero-order chi connectivity index (χ0) is 23.0. The monoisotopic (exact) mass is 452 g/mol. The first-order valence-electron chi connectivity index (χ1n) is 12.3. The van der Waals surface area contributed by atoms with Crippen molar-refractivity contribution in [3.05, 3.63) is 64.7 Å². The largest absolute Gasteiger partial charge is 0.493 e. The minimum Gasteiger partial charge on any atom is -0.493 e. The maximum Gasteiger partial charge on any atom is 0.251 e. The van der Waals surface area contributed by atoms with Crippen molar-refractivity contribution in [2.24, 2.45) is 0 Å². The van der Waals surface area contributed by atoms with Crippen molar-refractivity contribution in [2.45, 2.75) is 63.6 Å². The summed E-state index contributed by atoms with van der Waals surface area (Å²) >= 11 is 0. The van der Waals surface area contributed by atoms with Crippen LogP contribution in [-0.2, 0) is 13.0 Å². The average Bonchev–Trinajstić information content (AvgIpc) is 2.78. The standard InChI is InChI=1S/C27H36N2O4/c30-19-25(31)17-28-27(32)22-10-11-26-23(16-22)15-20-6-4-7-21(14-20)18-29(24-8-5-9-24)12-2-1-3-13-33-26/h4,6-7,10-11,14,16,24-25,30-31H,1-3,5,8-9,12-13,15,17-19H2,(H,28,32). The molecular formula is C27H36N2O4. The van der Waals surface area contributed by atoms with Crippen LogP contribution >= 0.6 is 0 Å². The van der Waals surface area contributed by atoms with Crippen LogP contribution in [-0.4, -0.2) is 59.5 Å². The molecule has 0 radical (unpaired) electrons. The lowest BCUT2D eigenvalue weighted by Crippen LogP contribution is -2.40. The van der Waals surface area contributed by atoms with E-state index in [1.807, 2.05) is 12.1 Å². The second-order valence-corrected chi connectivity index (χ2v) is 9.33. The van der Waals surface area contributed by atoms with Crippen LogP contribution in [0.15, 0.2) is 42.5 Å². The van der Waals surface area contributed by atoms with Crippen LogP contribution in [0.5, 0.6) is 5.75 Å². The maximum absolute atomic E-state index is 12.6. The molecule has 1 aliphatic carbocycles. The number of hydrogen-bond acceptors (Lipinski definition) is 5.